The Morgan fingerprint density at radius 1 is 1.09 bits per heavy atom. The molecule has 5 heteroatoms. The molecule has 0 bridgehead atoms. The molecule has 0 unspecified atom stereocenters. The van der Waals surface area contributed by atoms with Crippen molar-refractivity contribution in [3.63, 3.8) is 0 Å². The van der Waals surface area contributed by atoms with Crippen LogP contribution in [0, 0.1) is 5.92 Å². The average Bonchev–Trinajstić information content (AvgIpc) is 2.46. The van der Waals surface area contributed by atoms with Gasteiger partial charge >= 0.3 is 5.97 Å². The lowest BCUT2D eigenvalue weighted by atomic mass is 9.85. The lowest BCUT2D eigenvalue weighted by Crippen LogP contribution is -2.28. The lowest BCUT2D eigenvalue weighted by molar-refractivity contribution is -0.122. The predicted octanol–water partition coefficient (Wildman–Crippen LogP) is 3.19. The molecule has 0 saturated heterocycles. The second-order valence-electron chi connectivity index (χ2n) is 5.43. The number of hydrogen-bond donors (Lipinski definition) is 2. The number of aromatic nitrogens is 1. The fraction of sp³-hybridized carbons (Fsp3) is 0.235. The van der Waals surface area contributed by atoms with Gasteiger partial charge in [0.1, 0.15) is 0 Å². The maximum absolute atomic E-state index is 11.9. The van der Waals surface area contributed by atoms with Gasteiger partial charge in [-0.1, -0.05) is 18.6 Å². The molecular weight excluding hydrogens is 280 g/mol. The Morgan fingerprint density at radius 3 is 2.32 bits per heavy atom. The van der Waals surface area contributed by atoms with E-state index in [1.807, 2.05) is 12.1 Å². The van der Waals surface area contributed by atoms with E-state index in [4.69, 9.17) is 5.11 Å². The summed E-state index contributed by atoms with van der Waals surface area (Å²) >= 11 is 0. The zero-order valence-electron chi connectivity index (χ0n) is 12.0. The third-order valence-corrected chi connectivity index (χ3v) is 3.93. The number of carboxylic acids is 1. The topological polar surface area (TPSA) is 79.3 Å². The zero-order valence-corrected chi connectivity index (χ0v) is 12.0. The minimum absolute atomic E-state index is 0.0617. The van der Waals surface area contributed by atoms with Crippen molar-refractivity contribution in [3.05, 3.63) is 48.2 Å². The largest absolute Gasteiger partial charge is 0.478 e. The van der Waals surface area contributed by atoms with Crippen LogP contribution in [-0.4, -0.2) is 22.0 Å². The molecule has 1 fully saturated rings. The molecule has 3 rings (SSSR count). The highest BCUT2D eigenvalue weighted by atomic mass is 16.4. The van der Waals surface area contributed by atoms with Crippen molar-refractivity contribution in [2.45, 2.75) is 19.3 Å². The van der Waals surface area contributed by atoms with Gasteiger partial charge in [-0.3, -0.25) is 9.78 Å². The van der Waals surface area contributed by atoms with Crippen LogP contribution in [0.5, 0.6) is 0 Å². The third-order valence-electron chi connectivity index (χ3n) is 3.93. The summed E-state index contributed by atoms with van der Waals surface area (Å²) in [7, 11) is 0. The van der Waals surface area contributed by atoms with Gasteiger partial charge in [-0.05, 0) is 37.1 Å². The van der Waals surface area contributed by atoms with E-state index in [1.165, 1.54) is 0 Å². The normalized spacial score (nSPS) is 14.2. The molecule has 2 aromatic rings. The van der Waals surface area contributed by atoms with Crippen molar-refractivity contribution in [2.24, 2.45) is 5.92 Å². The van der Waals surface area contributed by atoms with Crippen LogP contribution >= 0.6 is 0 Å². The second kappa shape index (κ2) is 5.97. The highest BCUT2D eigenvalue weighted by molar-refractivity contribution is 5.93. The van der Waals surface area contributed by atoms with Gasteiger partial charge in [0, 0.05) is 11.5 Å². The minimum Gasteiger partial charge on any atom is -0.478 e. The van der Waals surface area contributed by atoms with Crippen molar-refractivity contribution >= 4 is 17.6 Å². The number of pyridine rings is 1. The van der Waals surface area contributed by atoms with Crippen LogP contribution in [0.2, 0.25) is 0 Å². The highest BCUT2D eigenvalue weighted by Gasteiger charge is 2.25. The number of rotatable bonds is 4. The summed E-state index contributed by atoms with van der Waals surface area (Å²) in [4.78, 5) is 27.0. The number of anilines is 1. The molecule has 112 valence electrons. The zero-order chi connectivity index (χ0) is 15.5. The van der Waals surface area contributed by atoms with E-state index in [0.717, 1.165) is 30.5 Å². The predicted molar refractivity (Wildman–Crippen MR) is 82.6 cm³/mol. The molecule has 0 radical (unpaired) electrons. The second-order valence-corrected chi connectivity index (χ2v) is 5.43. The van der Waals surface area contributed by atoms with Crippen molar-refractivity contribution in [1.82, 2.24) is 4.98 Å². The molecule has 1 aliphatic carbocycles. The number of nitrogens with zero attached hydrogens (tertiary/aromatic N) is 1. The van der Waals surface area contributed by atoms with Crippen LogP contribution in [0.1, 0.15) is 29.6 Å². The summed E-state index contributed by atoms with van der Waals surface area (Å²) in [5.74, 6) is -0.747. The molecule has 22 heavy (non-hydrogen) atoms. The number of amides is 1. The summed E-state index contributed by atoms with van der Waals surface area (Å²) in [6, 6.07) is 10.2. The van der Waals surface area contributed by atoms with Crippen molar-refractivity contribution < 1.29 is 14.7 Å². The molecular formula is C17H16N2O3. The summed E-state index contributed by atoms with van der Waals surface area (Å²) in [6.45, 7) is 0. The van der Waals surface area contributed by atoms with Gasteiger partial charge in [-0.2, -0.15) is 0 Å². The van der Waals surface area contributed by atoms with E-state index in [-0.39, 0.29) is 17.4 Å². The number of carbonyl (C=O) groups excluding carboxylic acids is 1. The average molecular weight is 296 g/mol. The van der Waals surface area contributed by atoms with Gasteiger partial charge in [0.05, 0.1) is 23.1 Å². The van der Waals surface area contributed by atoms with E-state index in [1.54, 1.807) is 30.5 Å². The fourth-order valence-electron chi connectivity index (χ4n) is 2.34. The molecule has 1 aliphatic rings. The first-order chi connectivity index (χ1) is 10.6. The van der Waals surface area contributed by atoms with E-state index in [0.29, 0.717) is 5.69 Å². The van der Waals surface area contributed by atoms with Crippen LogP contribution in [0.25, 0.3) is 11.3 Å². The summed E-state index contributed by atoms with van der Waals surface area (Å²) in [5, 5.41) is 11.7. The van der Waals surface area contributed by atoms with E-state index in [9.17, 15) is 9.59 Å². The van der Waals surface area contributed by atoms with Crippen molar-refractivity contribution in [2.75, 3.05) is 5.32 Å². The van der Waals surface area contributed by atoms with Crippen LogP contribution in [0.3, 0.4) is 0 Å². The Labute approximate surface area is 128 Å². The monoisotopic (exact) mass is 296 g/mol. The van der Waals surface area contributed by atoms with E-state index >= 15 is 0 Å². The lowest BCUT2D eigenvalue weighted by Gasteiger charge is -2.23. The molecule has 0 atom stereocenters. The van der Waals surface area contributed by atoms with Crippen LogP contribution in [0.4, 0.5) is 5.69 Å². The maximum atomic E-state index is 11.9. The molecule has 1 aromatic carbocycles. The Bertz CT molecular complexity index is 689. The highest BCUT2D eigenvalue weighted by Crippen LogP contribution is 2.27. The first-order valence-corrected chi connectivity index (χ1v) is 7.24. The van der Waals surface area contributed by atoms with Gasteiger partial charge in [0.2, 0.25) is 5.91 Å². The number of hydrogen-bond acceptors (Lipinski definition) is 3. The SMILES string of the molecule is O=C(O)c1ccc(-c2ccc(NC(=O)C3CCC3)cn2)cc1. The Hall–Kier alpha value is -2.69. The van der Waals surface area contributed by atoms with Crippen LogP contribution in [-0.2, 0) is 4.79 Å². The van der Waals surface area contributed by atoms with E-state index in [2.05, 4.69) is 10.3 Å². The van der Waals surface area contributed by atoms with Gasteiger partial charge in [0.15, 0.2) is 0 Å². The number of aromatic carboxylic acids is 1. The molecule has 0 aliphatic heterocycles. The fourth-order valence-corrected chi connectivity index (χ4v) is 2.34. The number of benzene rings is 1. The summed E-state index contributed by atoms with van der Waals surface area (Å²) in [5.41, 5.74) is 2.50. The van der Waals surface area contributed by atoms with Crippen molar-refractivity contribution in [1.29, 1.82) is 0 Å². The summed E-state index contributed by atoms with van der Waals surface area (Å²) in [6.07, 6.45) is 4.68. The molecule has 2 N–H and O–H groups in total. The van der Waals surface area contributed by atoms with Gasteiger partial charge in [0.25, 0.3) is 0 Å². The van der Waals surface area contributed by atoms with E-state index < -0.39 is 5.97 Å². The quantitative estimate of drug-likeness (QED) is 0.908. The van der Waals surface area contributed by atoms with Gasteiger partial charge < -0.3 is 10.4 Å². The first kappa shape index (κ1) is 14.3. The Balaban J connectivity index is 1.70. The number of carboxylic acid groups (broad SMARTS) is 1. The molecule has 5 nitrogen and oxygen atoms in total. The molecule has 1 heterocycles. The van der Waals surface area contributed by atoms with Gasteiger partial charge in [-0.25, -0.2) is 4.79 Å². The number of nitrogens with one attached hydrogen (secondary N) is 1. The molecule has 0 spiro atoms. The smallest absolute Gasteiger partial charge is 0.335 e. The third kappa shape index (κ3) is 2.98. The standard InChI is InChI=1S/C17H16N2O3/c20-16(12-2-1-3-12)19-14-8-9-15(18-10-14)11-4-6-13(7-5-11)17(21)22/h4-10,12H,1-3H2,(H,19,20)(H,21,22). The van der Waals surface area contributed by atoms with Crippen LogP contribution < -0.4 is 5.32 Å². The van der Waals surface area contributed by atoms with Crippen molar-refractivity contribution in [3.8, 4) is 11.3 Å². The Kier molecular flexibility index (Phi) is 3.87. The minimum atomic E-state index is -0.950. The maximum Gasteiger partial charge on any atom is 0.335 e. The molecule has 1 aromatic heterocycles. The first-order valence-electron chi connectivity index (χ1n) is 7.24. The summed E-state index contributed by atoms with van der Waals surface area (Å²) < 4.78 is 0. The Morgan fingerprint density at radius 2 is 1.82 bits per heavy atom. The van der Waals surface area contributed by atoms with Crippen LogP contribution in [0.15, 0.2) is 42.6 Å². The molecule has 1 amide bonds. The van der Waals surface area contributed by atoms with Gasteiger partial charge in [-0.15, -0.1) is 0 Å². The number of carbonyl (C=O) groups is 2. The molecule has 1 saturated carbocycles.